The number of nitrogens with zero attached hydrogens (tertiary/aromatic N) is 1. The highest BCUT2D eigenvalue weighted by atomic mass is 32.2. The second-order valence-electron chi connectivity index (χ2n) is 3.01. The van der Waals surface area contributed by atoms with Crippen molar-refractivity contribution in [3.63, 3.8) is 0 Å². The van der Waals surface area contributed by atoms with Gasteiger partial charge in [0, 0.05) is 11.5 Å². The van der Waals surface area contributed by atoms with Crippen LogP contribution in [0.2, 0.25) is 0 Å². The van der Waals surface area contributed by atoms with Crippen LogP contribution in [0.25, 0.3) is 10.8 Å². The smallest absolute Gasteiger partial charge is 0.273 e. The number of nitro groups is 1. The van der Waals surface area contributed by atoms with Crippen LogP contribution in [0.15, 0.2) is 41.3 Å². The maximum Gasteiger partial charge on any atom is 0.284 e. The third-order valence-electron chi connectivity index (χ3n) is 2.17. The Morgan fingerprint density at radius 1 is 1.20 bits per heavy atom. The zero-order chi connectivity index (χ0) is 10.8. The van der Waals surface area contributed by atoms with Crippen molar-refractivity contribution in [3.05, 3.63) is 46.5 Å². The molecule has 2 N–H and O–H groups in total. The van der Waals surface area contributed by atoms with E-state index in [0.29, 0.717) is 4.90 Å². The molecule has 0 aliphatic rings. The summed E-state index contributed by atoms with van der Waals surface area (Å²) in [5, 5.41) is 18.0. The normalized spacial score (nSPS) is 10.5. The third-order valence-corrected chi connectivity index (χ3v) is 2.84. The molecule has 0 amide bonds. The van der Waals surface area contributed by atoms with Crippen LogP contribution in [0.3, 0.4) is 0 Å². The SMILES string of the molecule is NSc1c([N+](=O)[O-])ccc2ccccc12. The summed E-state index contributed by atoms with van der Waals surface area (Å²) in [6.45, 7) is 0. The Bertz CT molecular complexity index is 528. The first-order chi connectivity index (χ1) is 7.24. The molecule has 0 unspecified atom stereocenters. The molecule has 0 bridgehead atoms. The number of rotatable bonds is 2. The van der Waals surface area contributed by atoms with Crippen molar-refractivity contribution >= 4 is 28.4 Å². The van der Waals surface area contributed by atoms with E-state index < -0.39 is 4.92 Å². The van der Waals surface area contributed by atoms with Crippen LogP contribution in [0.5, 0.6) is 0 Å². The lowest BCUT2D eigenvalue weighted by molar-refractivity contribution is -0.387. The van der Waals surface area contributed by atoms with Crippen LogP contribution in [-0.4, -0.2) is 4.92 Å². The molecule has 4 nitrogen and oxygen atoms in total. The van der Waals surface area contributed by atoms with Crippen molar-refractivity contribution in [2.45, 2.75) is 4.90 Å². The maximum atomic E-state index is 10.8. The van der Waals surface area contributed by atoms with E-state index in [-0.39, 0.29) is 5.69 Å². The van der Waals surface area contributed by atoms with Gasteiger partial charge in [0.25, 0.3) is 5.69 Å². The number of hydrogen-bond donors (Lipinski definition) is 1. The second-order valence-corrected chi connectivity index (χ2v) is 3.65. The predicted molar refractivity (Wildman–Crippen MR) is 60.6 cm³/mol. The highest BCUT2D eigenvalue weighted by Gasteiger charge is 2.15. The minimum absolute atomic E-state index is 0.0567. The molecular weight excluding hydrogens is 212 g/mol. The van der Waals surface area contributed by atoms with E-state index in [1.54, 1.807) is 6.07 Å². The van der Waals surface area contributed by atoms with Gasteiger partial charge >= 0.3 is 0 Å². The molecule has 2 aromatic carbocycles. The molecule has 0 aliphatic heterocycles. The molecule has 0 aliphatic carbocycles. The van der Waals surface area contributed by atoms with E-state index >= 15 is 0 Å². The Labute approximate surface area is 90.4 Å². The Hall–Kier alpha value is -1.59. The zero-order valence-electron chi connectivity index (χ0n) is 7.71. The number of fused-ring (bicyclic) bond motifs is 1. The minimum Gasteiger partial charge on any atom is -0.273 e. The maximum absolute atomic E-state index is 10.8. The van der Waals surface area contributed by atoms with Gasteiger partial charge < -0.3 is 0 Å². The van der Waals surface area contributed by atoms with Gasteiger partial charge in [0.2, 0.25) is 0 Å². The average Bonchev–Trinajstić information content (AvgIpc) is 2.27. The molecule has 5 heteroatoms. The van der Waals surface area contributed by atoms with Gasteiger partial charge in [-0.3, -0.25) is 15.3 Å². The topological polar surface area (TPSA) is 69.2 Å². The van der Waals surface area contributed by atoms with Gasteiger partial charge in [-0.1, -0.05) is 24.3 Å². The first kappa shape index (κ1) is 9.95. The highest BCUT2D eigenvalue weighted by Crippen LogP contribution is 2.33. The summed E-state index contributed by atoms with van der Waals surface area (Å²) in [7, 11) is 0. The summed E-state index contributed by atoms with van der Waals surface area (Å²) in [6.07, 6.45) is 0. The zero-order valence-corrected chi connectivity index (χ0v) is 8.53. The molecule has 15 heavy (non-hydrogen) atoms. The van der Waals surface area contributed by atoms with Gasteiger partial charge in [-0.05, 0) is 23.4 Å². The molecule has 0 aromatic heterocycles. The molecule has 2 aromatic rings. The molecule has 76 valence electrons. The third kappa shape index (κ3) is 1.67. The van der Waals surface area contributed by atoms with E-state index in [1.165, 1.54) is 6.07 Å². The number of benzene rings is 2. The molecule has 0 saturated carbocycles. The number of nitro benzene ring substituents is 1. The van der Waals surface area contributed by atoms with Gasteiger partial charge in [0.15, 0.2) is 0 Å². The quantitative estimate of drug-likeness (QED) is 0.480. The highest BCUT2D eigenvalue weighted by molar-refractivity contribution is 7.97. The lowest BCUT2D eigenvalue weighted by Gasteiger charge is -2.03. The van der Waals surface area contributed by atoms with Crippen LogP contribution in [-0.2, 0) is 0 Å². The van der Waals surface area contributed by atoms with Crippen LogP contribution in [0.4, 0.5) is 5.69 Å². The van der Waals surface area contributed by atoms with Crippen molar-refractivity contribution in [1.29, 1.82) is 0 Å². The number of nitrogens with two attached hydrogens (primary N) is 1. The van der Waals surface area contributed by atoms with E-state index in [9.17, 15) is 10.1 Å². The van der Waals surface area contributed by atoms with Crippen molar-refractivity contribution in [2.75, 3.05) is 0 Å². The molecule has 0 saturated heterocycles. The van der Waals surface area contributed by atoms with Crippen molar-refractivity contribution < 1.29 is 4.92 Å². The van der Waals surface area contributed by atoms with Gasteiger partial charge in [0.1, 0.15) is 4.90 Å². The standard InChI is InChI=1S/C10H8N2O2S/c11-15-10-8-4-2-1-3-7(8)5-6-9(10)12(13)14/h1-6H,11H2. The average molecular weight is 220 g/mol. The minimum atomic E-state index is -0.415. The van der Waals surface area contributed by atoms with Gasteiger partial charge in [0.05, 0.1) is 4.92 Å². The second kappa shape index (κ2) is 3.88. The Kier molecular flexibility index (Phi) is 2.57. The summed E-state index contributed by atoms with van der Waals surface area (Å²) in [5.74, 6) is 0. The summed E-state index contributed by atoms with van der Waals surface area (Å²) < 4.78 is 0. The molecule has 0 radical (unpaired) electrons. The summed E-state index contributed by atoms with van der Waals surface area (Å²) >= 11 is 0.912. The lowest BCUT2D eigenvalue weighted by atomic mass is 10.1. The molecule has 0 fully saturated rings. The summed E-state index contributed by atoms with van der Waals surface area (Å²) in [4.78, 5) is 10.9. The van der Waals surface area contributed by atoms with Crippen LogP contribution >= 0.6 is 11.9 Å². The predicted octanol–water partition coefficient (Wildman–Crippen LogP) is 2.71. The van der Waals surface area contributed by atoms with E-state index in [2.05, 4.69) is 0 Å². The van der Waals surface area contributed by atoms with Crippen molar-refractivity contribution in [1.82, 2.24) is 0 Å². The van der Waals surface area contributed by atoms with E-state index in [1.807, 2.05) is 24.3 Å². The van der Waals surface area contributed by atoms with Crippen LogP contribution in [0, 0.1) is 10.1 Å². The Morgan fingerprint density at radius 2 is 1.93 bits per heavy atom. The first-order valence-electron chi connectivity index (χ1n) is 4.27. The summed E-state index contributed by atoms with van der Waals surface area (Å²) in [6, 6.07) is 10.7. The molecule has 0 spiro atoms. The van der Waals surface area contributed by atoms with Crippen LogP contribution in [0.1, 0.15) is 0 Å². The van der Waals surface area contributed by atoms with Crippen LogP contribution < -0.4 is 5.14 Å². The van der Waals surface area contributed by atoms with Gasteiger partial charge in [-0.25, -0.2) is 0 Å². The summed E-state index contributed by atoms with van der Waals surface area (Å²) in [5.41, 5.74) is 0.0567. The number of hydrogen-bond acceptors (Lipinski definition) is 4. The van der Waals surface area contributed by atoms with Gasteiger partial charge in [-0.15, -0.1) is 0 Å². The van der Waals surface area contributed by atoms with Crippen molar-refractivity contribution in [2.24, 2.45) is 5.14 Å². The fraction of sp³-hybridized carbons (Fsp3) is 0. The lowest BCUT2D eigenvalue weighted by Crippen LogP contribution is -1.93. The van der Waals surface area contributed by atoms with Crippen molar-refractivity contribution in [3.8, 4) is 0 Å². The molecular formula is C10H8N2O2S. The first-order valence-corrected chi connectivity index (χ1v) is 5.15. The largest absolute Gasteiger partial charge is 0.284 e. The monoisotopic (exact) mass is 220 g/mol. The van der Waals surface area contributed by atoms with E-state index in [4.69, 9.17) is 5.14 Å². The molecule has 0 atom stereocenters. The van der Waals surface area contributed by atoms with Gasteiger partial charge in [-0.2, -0.15) is 0 Å². The fourth-order valence-electron chi connectivity index (χ4n) is 1.50. The molecule has 0 heterocycles. The molecule has 2 rings (SSSR count). The van der Waals surface area contributed by atoms with E-state index in [0.717, 1.165) is 22.7 Å². The fourth-order valence-corrected chi connectivity index (χ4v) is 2.08. The Morgan fingerprint density at radius 3 is 2.60 bits per heavy atom. The Balaban J connectivity index is 2.81.